The van der Waals surface area contributed by atoms with Gasteiger partial charge in [-0.1, -0.05) is 6.92 Å². The van der Waals surface area contributed by atoms with Gasteiger partial charge in [0.1, 0.15) is 5.56 Å². The highest BCUT2D eigenvalue weighted by Gasteiger charge is 2.27. The molecule has 1 aliphatic carbocycles. The lowest BCUT2D eigenvalue weighted by Crippen LogP contribution is -2.39. The number of likely N-dealkylation sites (tertiary alicyclic amines) is 1. The van der Waals surface area contributed by atoms with Gasteiger partial charge in [-0.05, 0) is 37.7 Å². The second kappa shape index (κ2) is 5.47. The van der Waals surface area contributed by atoms with Crippen LogP contribution in [0.1, 0.15) is 59.0 Å². The van der Waals surface area contributed by atoms with Gasteiger partial charge < -0.3 is 9.88 Å². The number of aromatic nitrogens is 1. The van der Waals surface area contributed by atoms with Gasteiger partial charge in [-0.25, -0.2) is 0 Å². The highest BCUT2D eigenvalue weighted by molar-refractivity contribution is 6.01. The number of hydrogen-bond donors (Lipinski definition) is 1. The van der Waals surface area contributed by atoms with E-state index in [0.717, 1.165) is 19.3 Å². The van der Waals surface area contributed by atoms with Crippen molar-refractivity contribution in [3.8, 4) is 0 Å². The average Bonchev–Trinajstić information content (AvgIpc) is 2.46. The van der Waals surface area contributed by atoms with Crippen LogP contribution in [0, 0.1) is 5.92 Å². The minimum Gasteiger partial charge on any atom is -0.338 e. The molecule has 1 fully saturated rings. The molecule has 21 heavy (non-hydrogen) atoms. The van der Waals surface area contributed by atoms with E-state index in [9.17, 15) is 14.4 Å². The first-order chi connectivity index (χ1) is 10.1. The molecule has 5 nitrogen and oxygen atoms in total. The standard InChI is InChI=1S/C16H20N2O3/c1-10-7-13-11(14(19)8-10)9-12(15(20)17-13)16(21)18-5-3-2-4-6-18/h9-10H,2-8H2,1H3,(H,17,20). The molecule has 1 amide bonds. The summed E-state index contributed by atoms with van der Waals surface area (Å²) in [6.45, 7) is 3.38. The zero-order valence-corrected chi connectivity index (χ0v) is 12.3. The number of carbonyl (C=O) groups is 2. The van der Waals surface area contributed by atoms with Crippen LogP contribution in [0.5, 0.6) is 0 Å². The first-order valence-corrected chi connectivity index (χ1v) is 7.65. The van der Waals surface area contributed by atoms with Crippen molar-refractivity contribution in [3.63, 3.8) is 0 Å². The van der Waals surface area contributed by atoms with Crippen molar-refractivity contribution in [1.29, 1.82) is 0 Å². The maximum atomic E-state index is 12.5. The monoisotopic (exact) mass is 288 g/mol. The van der Waals surface area contributed by atoms with Crippen molar-refractivity contribution >= 4 is 11.7 Å². The first kappa shape index (κ1) is 14.0. The van der Waals surface area contributed by atoms with E-state index >= 15 is 0 Å². The largest absolute Gasteiger partial charge is 0.338 e. The fourth-order valence-electron chi connectivity index (χ4n) is 3.25. The molecule has 5 heteroatoms. The summed E-state index contributed by atoms with van der Waals surface area (Å²) in [4.78, 5) is 41.2. The second-order valence-electron chi connectivity index (χ2n) is 6.19. The molecular formula is C16H20N2O3. The van der Waals surface area contributed by atoms with Crippen LogP contribution in [0.25, 0.3) is 0 Å². The lowest BCUT2D eigenvalue weighted by Gasteiger charge is -2.27. The van der Waals surface area contributed by atoms with E-state index in [4.69, 9.17) is 0 Å². The summed E-state index contributed by atoms with van der Waals surface area (Å²) < 4.78 is 0. The number of pyridine rings is 1. The zero-order chi connectivity index (χ0) is 15.0. The van der Waals surface area contributed by atoms with Crippen molar-refractivity contribution in [3.05, 3.63) is 33.2 Å². The number of fused-ring (bicyclic) bond motifs is 1. The summed E-state index contributed by atoms with van der Waals surface area (Å²) in [7, 11) is 0. The average molecular weight is 288 g/mol. The van der Waals surface area contributed by atoms with Gasteiger partial charge in [0.25, 0.3) is 11.5 Å². The fourth-order valence-corrected chi connectivity index (χ4v) is 3.25. The Hall–Kier alpha value is -1.91. The first-order valence-electron chi connectivity index (χ1n) is 7.65. The quantitative estimate of drug-likeness (QED) is 0.856. The number of nitrogens with one attached hydrogen (secondary N) is 1. The molecular weight excluding hydrogens is 268 g/mol. The van der Waals surface area contributed by atoms with E-state index in [1.165, 1.54) is 6.07 Å². The van der Waals surface area contributed by atoms with Gasteiger partial charge >= 0.3 is 0 Å². The minimum absolute atomic E-state index is 0.0210. The number of piperidine rings is 1. The van der Waals surface area contributed by atoms with Gasteiger partial charge in [-0.15, -0.1) is 0 Å². The van der Waals surface area contributed by atoms with Crippen molar-refractivity contribution in [2.75, 3.05) is 13.1 Å². The van der Waals surface area contributed by atoms with Crippen molar-refractivity contribution in [2.45, 2.75) is 39.0 Å². The molecule has 112 valence electrons. The molecule has 0 bridgehead atoms. The number of hydrogen-bond acceptors (Lipinski definition) is 3. The SMILES string of the molecule is CC1CC(=O)c2cc(C(=O)N3CCCCC3)c(=O)[nH]c2C1. The summed E-state index contributed by atoms with van der Waals surface area (Å²) >= 11 is 0. The van der Waals surface area contributed by atoms with Gasteiger partial charge in [-0.2, -0.15) is 0 Å². The molecule has 1 saturated heterocycles. The van der Waals surface area contributed by atoms with Gasteiger partial charge in [0.2, 0.25) is 0 Å². The Bertz CT molecular complexity index is 641. The van der Waals surface area contributed by atoms with E-state index in [2.05, 4.69) is 4.98 Å². The molecule has 1 aromatic rings. The number of H-pyrrole nitrogens is 1. The molecule has 0 radical (unpaired) electrons. The minimum atomic E-state index is -0.369. The van der Waals surface area contributed by atoms with Crippen LogP contribution in [-0.4, -0.2) is 34.7 Å². The Kier molecular flexibility index (Phi) is 3.66. The summed E-state index contributed by atoms with van der Waals surface area (Å²) in [5.74, 6) is 0.0159. The molecule has 0 saturated carbocycles. The maximum absolute atomic E-state index is 12.5. The van der Waals surface area contributed by atoms with Crippen molar-refractivity contribution in [2.24, 2.45) is 5.92 Å². The predicted molar refractivity (Wildman–Crippen MR) is 78.6 cm³/mol. The third kappa shape index (κ3) is 2.64. The van der Waals surface area contributed by atoms with Crippen LogP contribution in [0.2, 0.25) is 0 Å². The predicted octanol–water partition coefficient (Wildman–Crippen LogP) is 1.77. The summed E-state index contributed by atoms with van der Waals surface area (Å²) in [5, 5.41) is 0. The van der Waals surface area contributed by atoms with Gasteiger partial charge in [0.05, 0.1) is 0 Å². The Morgan fingerprint density at radius 1 is 1.19 bits per heavy atom. The Morgan fingerprint density at radius 2 is 1.90 bits per heavy atom. The van der Waals surface area contributed by atoms with Crippen LogP contribution in [-0.2, 0) is 6.42 Å². The van der Waals surface area contributed by atoms with Crippen LogP contribution in [0.3, 0.4) is 0 Å². The van der Waals surface area contributed by atoms with E-state index in [1.807, 2.05) is 6.92 Å². The number of Topliss-reactive ketones (excluding diaryl/α,β-unsaturated/α-hetero) is 1. The number of aromatic amines is 1. The molecule has 1 aliphatic heterocycles. The molecule has 1 aromatic heterocycles. The second-order valence-corrected chi connectivity index (χ2v) is 6.19. The lowest BCUT2D eigenvalue weighted by molar-refractivity contribution is 0.0722. The lowest BCUT2D eigenvalue weighted by atomic mass is 9.86. The van der Waals surface area contributed by atoms with Crippen LogP contribution < -0.4 is 5.56 Å². The molecule has 1 atom stereocenters. The topological polar surface area (TPSA) is 70.2 Å². The van der Waals surface area contributed by atoms with Gasteiger partial charge in [-0.3, -0.25) is 14.4 Å². The number of ketones is 1. The summed E-state index contributed by atoms with van der Waals surface area (Å²) in [5.41, 5.74) is 0.941. The van der Waals surface area contributed by atoms with Crippen molar-refractivity contribution in [1.82, 2.24) is 9.88 Å². The van der Waals surface area contributed by atoms with Gasteiger partial charge in [0.15, 0.2) is 5.78 Å². The smallest absolute Gasteiger partial charge is 0.261 e. The number of carbonyl (C=O) groups excluding carboxylic acids is 2. The molecule has 2 heterocycles. The summed E-state index contributed by atoms with van der Waals surface area (Å²) in [6, 6.07) is 1.51. The van der Waals surface area contributed by atoms with Gasteiger partial charge in [0, 0.05) is 30.8 Å². The third-order valence-electron chi connectivity index (χ3n) is 4.38. The molecule has 0 aromatic carbocycles. The highest BCUT2D eigenvalue weighted by Crippen LogP contribution is 2.23. The summed E-state index contributed by atoms with van der Waals surface area (Å²) in [6.07, 6.45) is 4.25. The number of rotatable bonds is 1. The molecule has 1 unspecified atom stereocenters. The Morgan fingerprint density at radius 3 is 2.62 bits per heavy atom. The zero-order valence-electron chi connectivity index (χ0n) is 12.3. The maximum Gasteiger partial charge on any atom is 0.261 e. The fraction of sp³-hybridized carbons (Fsp3) is 0.562. The van der Waals surface area contributed by atoms with Crippen LogP contribution >= 0.6 is 0 Å². The number of nitrogens with zero attached hydrogens (tertiary/aromatic N) is 1. The third-order valence-corrected chi connectivity index (χ3v) is 4.38. The van der Waals surface area contributed by atoms with Crippen LogP contribution in [0.15, 0.2) is 10.9 Å². The Balaban J connectivity index is 1.96. The molecule has 2 aliphatic rings. The van der Waals surface area contributed by atoms with E-state index in [1.54, 1.807) is 4.90 Å². The van der Waals surface area contributed by atoms with E-state index in [-0.39, 0.29) is 28.7 Å². The van der Waals surface area contributed by atoms with Crippen molar-refractivity contribution < 1.29 is 9.59 Å². The van der Waals surface area contributed by atoms with E-state index in [0.29, 0.717) is 37.2 Å². The normalized spacial score (nSPS) is 22.0. The molecule has 1 N–H and O–H groups in total. The molecule has 3 rings (SSSR count). The van der Waals surface area contributed by atoms with Crippen LogP contribution in [0.4, 0.5) is 0 Å². The number of amides is 1. The molecule has 0 spiro atoms. The van der Waals surface area contributed by atoms with E-state index < -0.39 is 0 Å². The highest BCUT2D eigenvalue weighted by atomic mass is 16.2. The Labute approximate surface area is 123 Å².